The standard InChI is InChI=1S/C24H30O4/c1-18(27-24-8-3-4-17-26-24)6-5-7-20-9-11-21(12-10-20)22-13-15-23(16-14-22)28-19(2)25/h9-16,18,24H,3-8,17H2,1-2H3. The fraction of sp³-hybridized carbons (Fsp3) is 0.458. The number of carbonyl (C=O) groups excluding carboxylic acids is 1. The lowest BCUT2D eigenvalue weighted by Crippen LogP contribution is -2.26. The third-order valence-electron chi connectivity index (χ3n) is 5.00. The second kappa shape index (κ2) is 10.4. The van der Waals surface area contributed by atoms with Crippen molar-refractivity contribution in [1.82, 2.24) is 0 Å². The molecule has 0 aliphatic carbocycles. The molecule has 0 spiro atoms. The Labute approximate surface area is 167 Å². The van der Waals surface area contributed by atoms with Gasteiger partial charge in [0.15, 0.2) is 6.29 Å². The monoisotopic (exact) mass is 382 g/mol. The van der Waals surface area contributed by atoms with Crippen LogP contribution in [0.4, 0.5) is 0 Å². The molecule has 2 unspecified atom stereocenters. The molecule has 0 amide bonds. The Bertz CT molecular complexity index is 730. The Morgan fingerprint density at radius 1 is 1.07 bits per heavy atom. The number of ether oxygens (including phenoxy) is 3. The average molecular weight is 383 g/mol. The molecule has 2 aromatic rings. The van der Waals surface area contributed by atoms with Gasteiger partial charge < -0.3 is 14.2 Å². The van der Waals surface area contributed by atoms with Crippen LogP contribution in [-0.4, -0.2) is 25.0 Å². The summed E-state index contributed by atoms with van der Waals surface area (Å²) in [5.74, 6) is 0.269. The summed E-state index contributed by atoms with van der Waals surface area (Å²) >= 11 is 0. The molecule has 4 heteroatoms. The molecule has 0 saturated carbocycles. The molecule has 0 aromatic heterocycles. The largest absolute Gasteiger partial charge is 0.427 e. The van der Waals surface area contributed by atoms with Crippen LogP contribution in [0.15, 0.2) is 48.5 Å². The number of aryl methyl sites for hydroxylation is 1. The lowest BCUT2D eigenvalue weighted by Gasteiger charge is -2.26. The van der Waals surface area contributed by atoms with Gasteiger partial charge in [-0.3, -0.25) is 4.79 Å². The van der Waals surface area contributed by atoms with Crippen LogP contribution in [0.2, 0.25) is 0 Å². The number of carbonyl (C=O) groups is 1. The van der Waals surface area contributed by atoms with Crippen LogP contribution in [-0.2, 0) is 20.7 Å². The number of rotatable bonds is 8. The minimum absolute atomic E-state index is 0.00438. The van der Waals surface area contributed by atoms with Crippen molar-refractivity contribution >= 4 is 5.97 Å². The van der Waals surface area contributed by atoms with Gasteiger partial charge in [0.1, 0.15) is 5.75 Å². The zero-order valence-corrected chi connectivity index (χ0v) is 16.9. The smallest absolute Gasteiger partial charge is 0.308 e. The second-order valence-electron chi connectivity index (χ2n) is 7.45. The molecule has 0 N–H and O–H groups in total. The van der Waals surface area contributed by atoms with Crippen molar-refractivity contribution in [3.63, 3.8) is 0 Å². The second-order valence-corrected chi connectivity index (χ2v) is 7.45. The third kappa shape index (κ3) is 6.47. The van der Waals surface area contributed by atoms with Crippen LogP contribution in [0, 0.1) is 0 Å². The first-order valence-electron chi connectivity index (χ1n) is 10.2. The molecule has 0 bridgehead atoms. The van der Waals surface area contributed by atoms with Crippen LogP contribution in [0.25, 0.3) is 11.1 Å². The van der Waals surface area contributed by atoms with Gasteiger partial charge in [-0.25, -0.2) is 0 Å². The molecule has 1 fully saturated rings. The van der Waals surface area contributed by atoms with Crippen molar-refractivity contribution in [2.75, 3.05) is 6.61 Å². The molecule has 1 aliphatic heterocycles. The summed E-state index contributed by atoms with van der Waals surface area (Å²) in [5.41, 5.74) is 3.60. The van der Waals surface area contributed by atoms with Gasteiger partial charge in [0.2, 0.25) is 0 Å². The van der Waals surface area contributed by atoms with E-state index in [9.17, 15) is 4.79 Å². The van der Waals surface area contributed by atoms with E-state index in [0.29, 0.717) is 5.75 Å². The first-order chi connectivity index (χ1) is 13.6. The van der Waals surface area contributed by atoms with Crippen molar-refractivity contribution < 1.29 is 19.0 Å². The van der Waals surface area contributed by atoms with Crippen molar-refractivity contribution in [1.29, 1.82) is 0 Å². The SMILES string of the molecule is CC(=O)Oc1ccc(-c2ccc(CCCC(C)OC3CCCCO3)cc2)cc1. The Balaban J connectivity index is 1.44. The van der Waals surface area contributed by atoms with E-state index < -0.39 is 0 Å². The summed E-state index contributed by atoms with van der Waals surface area (Å²) in [7, 11) is 0. The Hall–Kier alpha value is -2.17. The average Bonchev–Trinajstić information content (AvgIpc) is 2.69. The van der Waals surface area contributed by atoms with Gasteiger partial charge in [-0.05, 0) is 74.3 Å². The van der Waals surface area contributed by atoms with Crippen LogP contribution < -0.4 is 4.74 Å². The van der Waals surface area contributed by atoms with E-state index in [4.69, 9.17) is 14.2 Å². The summed E-state index contributed by atoms with van der Waals surface area (Å²) in [5, 5.41) is 0. The maximum atomic E-state index is 11.0. The van der Waals surface area contributed by atoms with Crippen molar-refractivity contribution in [2.45, 2.75) is 64.8 Å². The minimum atomic E-state index is -0.303. The van der Waals surface area contributed by atoms with Gasteiger partial charge in [0, 0.05) is 13.5 Å². The first kappa shape index (κ1) is 20.6. The molecular formula is C24H30O4. The zero-order chi connectivity index (χ0) is 19.8. The summed E-state index contributed by atoms with van der Waals surface area (Å²) in [6.45, 7) is 4.38. The van der Waals surface area contributed by atoms with E-state index in [1.54, 1.807) is 0 Å². The Kier molecular flexibility index (Phi) is 7.63. The van der Waals surface area contributed by atoms with Gasteiger partial charge in [-0.15, -0.1) is 0 Å². The van der Waals surface area contributed by atoms with E-state index in [1.165, 1.54) is 18.9 Å². The fourth-order valence-electron chi connectivity index (χ4n) is 3.48. The summed E-state index contributed by atoms with van der Waals surface area (Å²) in [4.78, 5) is 11.0. The maximum Gasteiger partial charge on any atom is 0.308 e. The fourth-order valence-corrected chi connectivity index (χ4v) is 3.48. The van der Waals surface area contributed by atoms with Crippen LogP contribution >= 0.6 is 0 Å². The predicted octanol–water partition coefficient (Wildman–Crippen LogP) is 5.53. The van der Waals surface area contributed by atoms with Gasteiger partial charge in [0.05, 0.1) is 6.10 Å². The molecule has 1 aliphatic rings. The van der Waals surface area contributed by atoms with Crippen LogP contribution in [0.5, 0.6) is 5.75 Å². The molecule has 28 heavy (non-hydrogen) atoms. The van der Waals surface area contributed by atoms with E-state index in [-0.39, 0.29) is 18.4 Å². The van der Waals surface area contributed by atoms with Gasteiger partial charge in [0.25, 0.3) is 0 Å². The van der Waals surface area contributed by atoms with Crippen molar-refractivity contribution in [3.05, 3.63) is 54.1 Å². The molecule has 2 aromatic carbocycles. The van der Waals surface area contributed by atoms with Crippen LogP contribution in [0.3, 0.4) is 0 Å². The number of hydrogen-bond donors (Lipinski definition) is 0. The van der Waals surface area contributed by atoms with E-state index in [1.807, 2.05) is 24.3 Å². The highest BCUT2D eigenvalue weighted by Crippen LogP contribution is 2.24. The highest BCUT2D eigenvalue weighted by molar-refractivity contribution is 5.70. The summed E-state index contributed by atoms with van der Waals surface area (Å²) < 4.78 is 16.7. The molecule has 4 nitrogen and oxygen atoms in total. The maximum absolute atomic E-state index is 11.0. The molecule has 3 rings (SSSR count). The first-order valence-corrected chi connectivity index (χ1v) is 10.2. The van der Waals surface area contributed by atoms with Crippen molar-refractivity contribution in [2.24, 2.45) is 0 Å². The lowest BCUT2D eigenvalue weighted by molar-refractivity contribution is -0.185. The molecule has 0 radical (unpaired) electrons. The molecular weight excluding hydrogens is 352 g/mol. The third-order valence-corrected chi connectivity index (χ3v) is 5.00. The lowest BCUT2D eigenvalue weighted by atomic mass is 10.0. The Morgan fingerprint density at radius 3 is 2.36 bits per heavy atom. The normalized spacial score (nSPS) is 17.9. The zero-order valence-electron chi connectivity index (χ0n) is 16.9. The Morgan fingerprint density at radius 2 is 1.75 bits per heavy atom. The summed E-state index contributed by atoms with van der Waals surface area (Å²) in [6.07, 6.45) is 6.80. The quantitative estimate of drug-likeness (QED) is 0.445. The highest BCUT2D eigenvalue weighted by Gasteiger charge is 2.16. The van der Waals surface area contributed by atoms with Crippen LogP contribution in [0.1, 0.15) is 51.5 Å². The van der Waals surface area contributed by atoms with E-state index in [2.05, 4.69) is 31.2 Å². The molecule has 1 saturated heterocycles. The summed E-state index contributed by atoms with van der Waals surface area (Å²) in [6, 6.07) is 16.2. The number of esters is 1. The highest BCUT2D eigenvalue weighted by atomic mass is 16.7. The number of hydrogen-bond acceptors (Lipinski definition) is 4. The topological polar surface area (TPSA) is 44.8 Å². The van der Waals surface area contributed by atoms with E-state index in [0.717, 1.165) is 49.8 Å². The van der Waals surface area contributed by atoms with Gasteiger partial charge >= 0.3 is 5.97 Å². The molecule has 150 valence electrons. The minimum Gasteiger partial charge on any atom is -0.427 e. The van der Waals surface area contributed by atoms with E-state index >= 15 is 0 Å². The predicted molar refractivity (Wildman–Crippen MR) is 110 cm³/mol. The molecule has 2 atom stereocenters. The van der Waals surface area contributed by atoms with Gasteiger partial charge in [-0.1, -0.05) is 36.4 Å². The number of benzene rings is 2. The van der Waals surface area contributed by atoms with Gasteiger partial charge in [-0.2, -0.15) is 0 Å². The van der Waals surface area contributed by atoms with Crippen molar-refractivity contribution in [3.8, 4) is 16.9 Å². The molecule has 1 heterocycles.